The number of carbonyl (C=O) groups excluding carboxylic acids is 1. The van der Waals surface area contributed by atoms with Gasteiger partial charge in [-0.15, -0.1) is 0 Å². The maximum atomic E-state index is 12.4. The van der Waals surface area contributed by atoms with Gasteiger partial charge < -0.3 is 9.47 Å². The molecule has 0 radical (unpaired) electrons. The number of nitrogens with zero attached hydrogens (tertiary/aromatic N) is 3. The van der Waals surface area contributed by atoms with E-state index in [2.05, 4.69) is 27.4 Å². The predicted octanol–water partition coefficient (Wildman–Crippen LogP) is 4.24. The van der Waals surface area contributed by atoms with E-state index in [1.165, 1.54) is 30.9 Å². The number of likely N-dealkylation sites (tertiary alicyclic amines) is 1. The molecule has 0 aromatic heterocycles. The van der Waals surface area contributed by atoms with E-state index >= 15 is 0 Å². The van der Waals surface area contributed by atoms with Crippen LogP contribution in [0.15, 0.2) is 36.0 Å². The smallest absolute Gasteiger partial charge is 0.421 e. The van der Waals surface area contributed by atoms with Crippen LogP contribution in [0.2, 0.25) is 0 Å². The molecule has 3 aliphatic rings. The Labute approximate surface area is 228 Å². The summed E-state index contributed by atoms with van der Waals surface area (Å²) < 4.78 is 23.5. The van der Waals surface area contributed by atoms with Crippen molar-refractivity contribution >= 4 is 18.7 Å². The van der Waals surface area contributed by atoms with E-state index in [1.54, 1.807) is 6.08 Å². The third-order valence-electron chi connectivity index (χ3n) is 7.81. The molecule has 3 fully saturated rings. The Morgan fingerprint density at radius 2 is 1.95 bits per heavy atom. The number of piperidine rings is 1. The molecule has 2 heterocycles. The molecule has 0 bridgehead atoms. The summed E-state index contributed by atoms with van der Waals surface area (Å²) in [5.74, 6) is 0.620. The van der Waals surface area contributed by atoms with Crippen molar-refractivity contribution in [2.75, 3.05) is 66.2 Å². The second kappa shape index (κ2) is 16.5. The number of amides is 1. The van der Waals surface area contributed by atoms with Crippen molar-refractivity contribution < 1.29 is 18.7 Å². The molecule has 2 aliphatic heterocycles. The molecule has 1 N–H and O–H groups in total. The van der Waals surface area contributed by atoms with Crippen LogP contribution in [-0.2, 0) is 9.47 Å². The Morgan fingerprint density at radius 1 is 1.14 bits per heavy atom. The number of hydrogen-bond acceptors (Lipinski definition) is 7. The molecular formula is C28H47FN4O3S. The highest BCUT2D eigenvalue weighted by molar-refractivity contribution is 7.81. The van der Waals surface area contributed by atoms with Gasteiger partial charge in [-0.05, 0) is 57.1 Å². The third kappa shape index (κ3) is 9.70. The van der Waals surface area contributed by atoms with Crippen molar-refractivity contribution in [3.05, 3.63) is 36.0 Å². The van der Waals surface area contributed by atoms with Gasteiger partial charge in [-0.2, -0.15) is 12.6 Å². The monoisotopic (exact) mass is 538 g/mol. The summed E-state index contributed by atoms with van der Waals surface area (Å²) in [6.07, 6.45) is 16.3. The fraction of sp³-hybridized carbons (Fsp3) is 0.750. The van der Waals surface area contributed by atoms with Crippen LogP contribution in [0.25, 0.3) is 0 Å². The Bertz CT molecular complexity index is 777. The highest BCUT2D eigenvalue weighted by Crippen LogP contribution is 2.36. The lowest BCUT2D eigenvalue weighted by Gasteiger charge is -2.45. The number of nitrogens with one attached hydrogen (secondary N) is 1. The van der Waals surface area contributed by atoms with Crippen molar-refractivity contribution in [3.8, 4) is 0 Å². The standard InChI is InChI=1S/C28H47FN4O3S/c1-3-36-28(34)30-33-17-9-16-31(20-21-33)18-13-24-22-32(19-14-26(24)37)25(12-6-4-5-7-15-29)27(35-2)23-10-8-11-23/h4-7,13,23,25-27,37H,3,8-12,14-22H2,1-2H3,(H,30,34)/b6-4-,7-5-,24-13+. The van der Waals surface area contributed by atoms with Crippen LogP contribution >= 0.6 is 12.6 Å². The van der Waals surface area contributed by atoms with Gasteiger partial charge in [0, 0.05) is 57.7 Å². The van der Waals surface area contributed by atoms with Crippen LogP contribution < -0.4 is 5.43 Å². The highest BCUT2D eigenvalue weighted by atomic mass is 32.1. The lowest BCUT2D eigenvalue weighted by atomic mass is 9.77. The molecule has 9 heteroatoms. The van der Waals surface area contributed by atoms with Gasteiger partial charge in [0.25, 0.3) is 0 Å². The molecule has 1 aliphatic carbocycles. The average Bonchev–Trinajstić information content (AvgIpc) is 3.08. The molecule has 0 spiro atoms. The fourth-order valence-corrected chi connectivity index (χ4v) is 5.83. The molecule has 1 saturated carbocycles. The zero-order chi connectivity index (χ0) is 26.5. The van der Waals surface area contributed by atoms with E-state index in [-0.39, 0.29) is 17.4 Å². The van der Waals surface area contributed by atoms with Crippen molar-refractivity contribution in [1.82, 2.24) is 20.2 Å². The minimum Gasteiger partial charge on any atom is -0.449 e. The van der Waals surface area contributed by atoms with Gasteiger partial charge in [0.2, 0.25) is 0 Å². The summed E-state index contributed by atoms with van der Waals surface area (Å²) in [5, 5.41) is 2.24. The summed E-state index contributed by atoms with van der Waals surface area (Å²) in [4.78, 5) is 16.8. The summed E-state index contributed by atoms with van der Waals surface area (Å²) in [6.45, 7) is 8.06. The first-order valence-corrected chi connectivity index (χ1v) is 14.5. The lowest BCUT2D eigenvalue weighted by molar-refractivity contribution is -0.0437. The van der Waals surface area contributed by atoms with Gasteiger partial charge in [0.05, 0.1) is 12.7 Å². The van der Waals surface area contributed by atoms with E-state index < -0.39 is 6.67 Å². The number of ether oxygens (including phenoxy) is 2. The van der Waals surface area contributed by atoms with Gasteiger partial charge in [-0.25, -0.2) is 14.2 Å². The molecule has 7 nitrogen and oxygen atoms in total. The number of alkyl halides is 1. The zero-order valence-electron chi connectivity index (χ0n) is 22.7. The topological polar surface area (TPSA) is 57.3 Å². The van der Waals surface area contributed by atoms with Gasteiger partial charge in [0.1, 0.15) is 6.67 Å². The van der Waals surface area contributed by atoms with Crippen LogP contribution in [-0.4, -0.2) is 105 Å². The van der Waals surface area contributed by atoms with Gasteiger partial charge >= 0.3 is 6.09 Å². The molecule has 2 saturated heterocycles. The Balaban J connectivity index is 1.60. The van der Waals surface area contributed by atoms with E-state index in [0.717, 1.165) is 65.1 Å². The second-order valence-corrected chi connectivity index (χ2v) is 10.9. The normalized spacial score (nSPS) is 25.8. The van der Waals surface area contributed by atoms with Gasteiger partial charge in [0.15, 0.2) is 0 Å². The Kier molecular flexibility index (Phi) is 13.5. The van der Waals surface area contributed by atoms with Crippen LogP contribution in [0.4, 0.5) is 9.18 Å². The highest BCUT2D eigenvalue weighted by Gasteiger charge is 2.37. The Morgan fingerprint density at radius 3 is 2.65 bits per heavy atom. The molecule has 3 atom stereocenters. The molecule has 3 rings (SSSR count). The van der Waals surface area contributed by atoms with Gasteiger partial charge in [-0.3, -0.25) is 15.2 Å². The average molecular weight is 539 g/mol. The SMILES string of the molecule is CCOC(=O)NN1CCCN(C/C=C2\CN(C(C/C=C\C=C/CF)C(OC)C3CCC3)CCC2S)CC1. The van der Waals surface area contributed by atoms with Crippen LogP contribution in [0, 0.1) is 5.92 Å². The molecule has 0 aromatic rings. The number of thiol groups is 1. The first-order chi connectivity index (χ1) is 18.0. The van der Waals surface area contributed by atoms with Crippen LogP contribution in [0.3, 0.4) is 0 Å². The number of halogens is 1. The minimum absolute atomic E-state index is 0.213. The number of methoxy groups -OCH3 is 1. The molecule has 210 valence electrons. The molecular weight excluding hydrogens is 491 g/mol. The minimum atomic E-state index is -0.433. The third-order valence-corrected chi connectivity index (χ3v) is 8.40. The quantitative estimate of drug-likeness (QED) is 0.220. The number of carbonyl (C=O) groups is 1. The van der Waals surface area contributed by atoms with Crippen molar-refractivity contribution in [3.63, 3.8) is 0 Å². The van der Waals surface area contributed by atoms with E-state index in [9.17, 15) is 9.18 Å². The van der Waals surface area contributed by atoms with Crippen LogP contribution in [0.5, 0.6) is 0 Å². The summed E-state index contributed by atoms with van der Waals surface area (Å²) >= 11 is 4.94. The van der Waals surface area contributed by atoms with E-state index in [0.29, 0.717) is 18.6 Å². The zero-order valence-corrected chi connectivity index (χ0v) is 23.6. The molecule has 1 amide bonds. The second-order valence-electron chi connectivity index (χ2n) is 10.2. The summed E-state index contributed by atoms with van der Waals surface area (Å²) in [6, 6.07) is 0.301. The maximum absolute atomic E-state index is 12.4. The maximum Gasteiger partial charge on any atom is 0.421 e. The first kappa shape index (κ1) is 30.2. The number of allylic oxidation sites excluding steroid dienone is 3. The Hall–Kier alpha value is -1.39. The van der Waals surface area contributed by atoms with E-state index in [1.807, 2.05) is 25.1 Å². The molecule has 0 aromatic carbocycles. The molecule has 3 unspecified atom stereocenters. The molecule has 37 heavy (non-hydrogen) atoms. The predicted molar refractivity (Wildman–Crippen MR) is 151 cm³/mol. The van der Waals surface area contributed by atoms with E-state index in [4.69, 9.17) is 22.1 Å². The van der Waals surface area contributed by atoms with Gasteiger partial charge in [-0.1, -0.05) is 36.8 Å². The van der Waals surface area contributed by atoms with Crippen LogP contribution in [0.1, 0.15) is 45.4 Å². The fourth-order valence-electron chi connectivity index (χ4n) is 5.53. The number of hydrazine groups is 1. The number of hydrogen-bond donors (Lipinski definition) is 2. The summed E-state index contributed by atoms with van der Waals surface area (Å²) in [7, 11) is 1.85. The largest absolute Gasteiger partial charge is 0.449 e. The summed E-state index contributed by atoms with van der Waals surface area (Å²) in [5.41, 5.74) is 4.23. The lowest BCUT2D eigenvalue weighted by Crippen LogP contribution is -2.52. The van der Waals surface area contributed by atoms with Crippen molar-refractivity contribution in [2.24, 2.45) is 5.92 Å². The first-order valence-electron chi connectivity index (χ1n) is 14.0. The van der Waals surface area contributed by atoms with Crippen molar-refractivity contribution in [2.45, 2.75) is 62.8 Å². The van der Waals surface area contributed by atoms with Crippen molar-refractivity contribution in [1.29, 1.82) is 0 Å². The number of rotatable bonds is 12.